The maximum Gasteiger partial charge on any atom is 0.293 e. The zero-order valence-electron chi connectivity index (χ0n) is 18.1. The second kappa shape index (κ2) is 9.53. The summed E-state index contributed by atoms with van der Waals surface area (Å²) in [7, 11) is 0. The molecular weight excluding hydrogens is 449 g/mol. The van der Waals surface area contributed by atoms with Gasteiger partial charge in [-0.3, -0.25) is 14.5 Å². The number of rotatable bonds is 6. The van der Waals surface area contributed by atoms with Crippen LogP contribution in [0.15, 0.2) is 95.9 Å². The average Bonchev–Trinajstić information content (AvgIpc) is 3.11. The highest BCUT2D eigenvalue weighted by Gasteiger charge is 2.35. The van der Waals surface area contributed by atoms with Gasteiger partial charge in [-0.15, -0.1) is 0 Å². The molecule has 0 saturated carbocycles. The molecule has 1 aliphatic rings. The van der Waals surface area contributed by atoms with Gasteiger partial charge in [-0.2, -0.15) is 0 Å². The number of thioether (sulfide) groups is 1. The van der Waals surface area contributed by atoms with Crippen molar-refractivity contribution >= 4 is 39.8 Å². The van der Waals surface area contributed by atoms with Crippen LogP contribution in [-0.2, 0) is 17.9 Å². The molecule has 1 saturated heterocycles. The second-order valence-electron chi connectivity index (χ2n) is 7.86. The number of benzene rings is 4. The number of fused-ring (bicyclic) bond motifs is 1. The first kappa shape index (κ1) is 21.9. The molecule has 168 valence electrons. The number of carbonyl (C=O) groups excluding carboxylic acids is 2. The molecule has 0 aromatic heterocycles. The highest BCUT2D eigenvalue weighted by Crippen LogP contribution is 2.35. The number of ether oxygens (including phenoxy) is 1. The predicted molar refractivity (Wildman–Crippen MR) is 133 cm³/mol. The zero-order chi connectivity index (χ0) is 23.5. The van der Waals surface area contributed by atoms with E-state index in [2.05, 4.69) is 0 Å². The Labute approximate surface area is 200 Å². The van der Waals surface area contributed by atoms with Gasteiger partial charge in [-0.25, -0.2) is 4.39 Å². The lowest BCUT2D eigenvalue weighted by Crippen LogP contribution is -2.27. The number of nitrogens with zero attached hydrogens (tertiary/aromatic N) is 1. The number of hydrogen-bond donors (Lipinski definition) is 0. The molecule has 0 atom stereocenters. The summed E-state index contributed by atoms with van der Waals surface area (Å²) in [5.41, 5.74) is 2.29. The van der Waals surface area contributed by atoms with Gasteiger partial charge in [0.15, 0.2) is 0 Å². The fourth-order valence-electron chi connectivity index (χ4n) is 3.90. The minimum Gasteiger partial charge on any atom is -0.488 e. The van der Waals surface area contributed by atoms with E-state index in [4.69, 9.17) is 4.74 Å². The van der Waals surface area contributed by atoms with E-state index in [1.807, 2.05) is 60.7 Å². The van der Waals surface area contributed by atoms with Crippen molar-refractivity contribution in [3.8, 4) is 5.75 Å². The minimum atomic E-state index is -0.331. The molecule has 0 N–H and O–H groups in total. The van der Waals surface area contributed by atoms with Gasteiger partial charge in [0.1, 0.15) is 18.2 Å². The summed E-state index contributed by atoms with van der Waals surface area (Å²) in [4.78, 5) is 27.4. The lowest BCUT2D eigenvalue weighted by Gasteiger charge is -2.14. The Morgan fingerprint density at radius 3 is 2.53 bits per heavy atom. The summed E-state index contributed by atoms with van der Waals surface area (Å²) >= 11 is 0.920. The SMILES string of the molecule is O=C1S/C(=C/c2ccccc2OCc2cccc(F)c2)C(=O)N1Cc1cccc2ccccc12. The van der Waals surface area contributed by atoms with E-state index < -0.39 is 0 Å². The quantitative estimate of drug-likeness (QED) is 0.292. The van der Waals surface area contributed by atoms with Crippen molar-refractivity contribution < 1.29 is 18.7 Å². The number of halogens is 1. The van der Waals surface area contributed by atoms with Crippen LogP contribution >= 0.6 is 11.8 Å². The minimum absolute atomic E-state index is 0.186. The predicted octanol–water partition coefficient (Wildman–Crippen LogP) is 6.79. The molecule has 0 unspecified atom stereocenters. The fraction of sp³-hybridized carbons (Fsp3) is 0.0714. The van der Waals surface area contributed by atoms with Crippen molar-refractivity contribution in [1.82, 2.24) is 4.90 Å². The third-order valence-electron chi connectivity index (χ3n) is 5.57. The molecule has 2 amide bonds. The first-order valence-electron chi connectivity index (χ1n) is 10.8. The van der Waals surface area contributed by atoms with Gasteiger partial charge in [-0.05, 0) is 57.9 Å². The van der Waals surface area contributed by atoms with Crippen molar-refractivity contribution in [1.29, 1.82) is 0 Å². The van der Waals surface area contributed by atoms with Gasteiger partial charge in [0.25, 0.3) is 11.1 Å². The summed E-state index contributed by atoms with van der Waals surface area (Å²) in [5.74, 6) is -0.107. The molecule has 5 rings (SSSR count). The normalized spacial score (nSPS) is 14.9. The van der Waals surface area contributed by atoms with E-state index >= 15 is 0 Å². The molecule has 34 heavy (non-hydrogen) atoms. The number of carbonyl (C=O) groups is 2. The summed E-state index contributed by atoms with van der Waals surface area (Å²) in [6.07, 6.45) is 1.68. The van der Waals surface area contributed by atoms with Crippen LogP contribution < -0.4 is 4.74 Å². The summed E-state index contributed by atoms with van der Waals surface area (Å²) in [6.45, 7) is 0.395. The van der Waals surface area contributed by atoms with Crippen LogP contribution in [0, 0.1) is 5.82 Å². The number of imide groups is 1. The molecule has 4 aromatic rings. The monoisotopic (exact) mass is 469 g/mol. The molecule has 1 aliphatic heterocycles. The van der Waals surface area contributed by atoms with Gasteiger partial charge in [-0.1, -0.05) is 72.8 Å². The average molecular weight is 470 g/mol. The van der Waals surface area contributed by atoms with E-state index in [1.165, 1.54) is 17.0 Å². The Morgan fingerprint density at radius 2 is 1.65 bits per heavy atom. The van der Waals surface area contributed by atoms with Crippen LogP contribution in [0.25, 0.3) is 16.8 Å². The van der Waals surface area contributed by atoms with E-state index in [0.717, 1.165) is 28.1 Å². The van der Waals surface area contributed by atoms with Crippen LogP contribution in [-0.4, -0.2) is 16.0 Å². The van der Waals surface area contributed by atoms with Crippen molar-refractivity contribution in [3.05, 3.63) is 118 Å². The zero-order valence-corrected chi connectivity index (χ0v) is 18.9. The molecule has 0 bridgehead atoms. The van der Waals surface area contributed by atoms with E-state index in [9.17, 15) is 14.0 Å². The van der Waals surface area contributed by atoms with Gasteiger partial charge in [0.05, 0.1) is 11.4 Å². The molecule has 0 radical (unpaired) electrons. The second-order valence-corrected chi connectivity index (χ2v) is 8.86. The fourth-order valence-corrected chi connectivity index (χ4v) is 4.73. The van der Waals surface area contributed by atoms with Crippen LogP contribution in [0.3, 0.4) is 0 Å². The molecule has 0 aliphatic carbocycles. The topological polar surface area (TPSA) is 46.6 Å². The van der Waals surface area contributed by atoms with Crippen molar-refractivity contribution in [3.63, 3.8) is 0 Å². The third kappa shape index (κ3) is 4.58. The van der Waals surface area contributed by atoms with Gasteiger partial charge in [0.2, 0.25) is 0 Å². The first-order chi connectivity index (χ1) is 16.6. The lowest BCUT2D eigenvalue weighted by atomic mass is 10.0. The first-order valence-corrected chi connectivity index (χ1v) is 11.6. The van der Waals surface area contributed by atoms with Crippen molar-refractivity contribution in [2.75, 3.05) is 0 Å². The largest absolute Gasteiger partial charge is 0.488 e. The van der Waals surface area contributed by atoms with Crippen LogP contribution in [0.5, 0.6) is 5.75 Å². The van der Waals surface area contributed by atoms with Gasteiger partial charge in [0, 0.05) is 5.56 Å². The Morgan fingerprint density at radius 1 is 0.882 bits per heavy atom. The molecular formula is C28H20FNO3S. The van der Waals surface area contributed by atoms with Crippen molar-refractivity contribution in [2.24, 2.45) is 0 Å². The molecule has 1 fully saturated rings. The van der Waals surface area contributed by atoms with Crippen molar-refractivity contribution in [2.45, 2.75) is 13.2 Å². The maximum absolute atomic E-state index is 13.5. The smallest absolute Gasteiger partial charge is 0.293 e. The van der Waals surface area contributed by atoms with Crippen LogP contribution in [0.4, 0.5) is 9.18 Å². The maximum atomic E-state index is 13.5. The van der Waals surface area contributed by atoms with E-state index in [1.54, 1.807) is 24.3 Å². The molecule has 0 spiro atoms. The lowest BCUT2D eigenvalue weighted by molar-refractivity contribution is -0.123. The Kier molecular flexibility index (Phi) is 6.14. The number of amides is 2. The van der Waals surface area contributed by atoms with E-state index in [0.29, 0.717) is 21.8 Å². The van der Waals surface area contributed by atoms with Crippen LogP contribution in [0.2, 0.25) is 0 Å². The number of para-hydroxylation sites is 1. The molecule has 6 heteroatoms. The summed E-state index contributed by atoms with van der Waals surface area (Å²) in [5, 5.41) is 1.78. The highest BCUT2D eigenvalue weighted by molar-refractivity contribution is 8.18. The molecule has 4 nitrogen and oxygen atoms in total. The summed E-state index contributed by atoms with van der Waals surface area (Å²) in [6, 6.07) is 27.2. The third-order valence-corrected chi connectivity index (χ3v) is 6.48. The van der Waals surface area contributed by atoms with E-state index in [-0.39, 0.29) is 30.1 Å². The molecule has 4 aromatic carbocycles. The van der Waals surface area contributed by atoms with Gasteiger partial charge >= 0.3 is 0 Å². The Balaban J connectivity index is 1.37. The van der Waals surface area contributed by atoms with Gasteiger partial charge < -0.3 is 4.74 Å². The Bertz CT molecular complexity index is 1430. The standard InChI is InChI=1S/C28H20FNO3S/c29-23-12-5-7-19(15-23)18-33-25-14-4-2-9-21(25)16-26-27(31)30(28(32)34-26)17-22-11-6-10-20-8-1-3-13-24(20)22/h1-16H,17-18H2/b26-16+. The molecule has 1 heterocycles. The number of hydrogen-bond acceptors (Lipinski definition) is 4. The van der Waals surface area contributed by atoms with Crippen LogP contribution in [0.1, 0.15) is 16.7 Å². The summed E-state index contributed by atoms with van der Waals surface area (Å²) < 4.78 is 19.4. The highest BCUT2D eigenvalue weighted by atomic mass is 32.2. The Hall–Kier alpha value is -3.90.